The van der Waals surface area contributed by atoms with Crippen molar-refractivity contribution in [3.05, 3.63) is 52.6 Å². The molecule has 0 saturated carbocycles. The van der Waals surface area contributed by atoms with Gasteiger partial charge >= 0.3 is 17.9 Å². The molecule has 0 bridgehead atoms. The van der Waals surface area contributed by atoms with E-state index in [2.05, 4.69) is 5.32 Å². The molecule has 134 valence electrons. The van der Waals surface area contributed by atoms with Gasteiger partial charge in [0.05, 0.1) is 22.4 Å². The number of aromatic carboxylic acids is 3. The van der Waals surface area contributed by atoms with Gasteiger partial charge in [0.25, 0.3) is 5.91 Å². The molecule has 0 aliphatic heterocycles. The molecule has 0 saturated heterocycles. The van der Waals surface area contributed by atoms with E-state index in [1.807, 2.05) is 0 Å². The van der Waals surface area contributed by atoms with Crippen molar-refractivity contribution in [1.82, 2.24) is 0 Å². The highest BCUT2D eigenvalue weighted by Crippen LogP contribution is 2.29. The van der Waals surface area contributed by atoms with Gasteiger partial charge in [-0.3, -0.25) is 4.79 Å². The summed E-state index contributed by atoms with van der Waals surface area (Å²) in [6, 6.07) is 4.83. The fourth-order valence-electron chi connectivity index (χ4n) is 2.21. The van der Waals surface area contributed by atoms with Crippen LogP contribution >= 0.6 is 0 Å². The lowest BCUT2D eigenvalue weighted by atomic mass is 10.0. The fourth-order valence-corrected chi connectivity index (χ4v) is 2.21. The molecule has 10 heteroatoms. The first kappa shape index (κ1) is 18.3. The Labute approximate surface area is 144 Å². The number of hydrogen-bond acceptors (Lipinski definition) is 6. The van der Waals surface area contributed by atoms with E-state index in [1.165, 1.54) is 6.07 Å². The first-order chi connectivity index (χ1) is 12.1. The zero-order valence-electron chi connectivity index (χ0n) is 12.8. The zero-order valence-corrected chi connectivity index (χ0v) is 12.8. The number of amides is 1. The number of carbonyl (C=O) groups is 4. The second-order valence-corrected chi connectivity index (χ2v) is 4.99. The van der Waals surface area contributed by atoms with Crippen LogP contribution in [0.15, 0.2) is 30.3 Å². The van der Waals surface area contributed by atoms with Gasteiger partial charge in [0.15, 0.2) is 0 Å². The highest BCUT2D eigenvalue weighted by Gasteiger charge is 2.24. The summed E-state index contributed by atoms with van der Waals surface area (Å²) in [7, 11) is 0. The number of rotatable bonds is 5. The van der Waals surface area contributed by atoms with Crippen molar-refractivity contribution in [2.45, 2.75) is 0 Å². The highest BCUT2D eigenvalue weighted by molar-refractivity contribution is 6.13. The Hall–Kier alpha value is -4.08. The number of phenols is 2. The molecule has 1 amide bonds. The molecule has 6 N–H and O–H groups in total. The number of carbonyl (C=O) groups excluding carboxylic acids is 1. The second kappa shape index (κ2) is 6.81. The van der Waals surface area contributed by atoms with Gasteiger partial charge in [-0.15, -0.1) is 0 Å². The topological polar surface area (TPSA) is 181 Å². The van der Waals surface area contributed by atoms with Gasteiger partial charge in [0.1, 0.15) is 17.1 Å². The maximum absolute atomic E-state index is 12.3. The Morgan fingerprint density at radius 1 is 0.769 bits per heavy atom. The third kappa shape index (κ3) is 3.38. The van der Waals surface area contributed by atoms with E-state index in [9.17, 15) is 34.5 Å². The van der Waals surface area contributed by atoms with Gasteiger partial charge in [-0.1, -0.05) is 6.07 Å². The van der Waals surface area contributed by atoms with Gasteiger partial charge in [0.2, 0.25) is 0 Å². The number of anilines is 1. The fraction of sp³-hybridized carbons (Fsp3) is 0. The normalized spacial score (nSPS) is 10.2. The Kier molecular flexibility index (Phi) is 4.78. The van der Waals surface area contributed by atoms with Crippen LogP contribution in [0, 0.1) is 0 Å². The predicted octanol–water partition coefficient (Wildman–Crippen LogP) is 1.44. The molecule has 0 spiro atoms. The van der Waals surface area contributed by atoms with Gasteiger partial charge in [0, 0.05) is 0 Å². The van der Waals surface area contributed by atoms with E-state index in [1.54, 1.807) is 0 Å². The average Bonchev–Trinajstić information content (AvgIpc) is 2.55. The summed E-state index contributed by atoms with van der Waals surface area (Å²) in [6.45, 7) is 0. The van der Waals surface area contributed by atoms with E-state index >= 15 is 0 Å². The predicted molar refractivity (Wildman–Crippen MR) is 85.0 cm³/mol. The lowest BCUT2D eigenvalue weighted by Gasteiger charge is -2.12. The summed E-state index contributed by atoms with van der Waals surface area (Å²) in [5.74, 6) is -7.48. The van der Waals surface area contributed by atoms with Crippen molar-refractivity contribution < 1.29 is 44.7 Å². The summed E-state index contributed by atoms with van der Waals surface area (Å²) < 4.78 is 0. The molecule has 0 atom stereocenters. The zero-order chi connectivity index (χ0) is 19.6. The van der Waals surface area contributed by atoms with Crippen LogP contribution < -0.4 is 5.32 Å². The van der Waals surface area contributed by atoms with Crippen molar-refractivity contribution in [2.24, 2.45) is 0 Å². The average molecular weight is 361 g/mol. The van der Waals surface area contributed by atoms with E-state index < -0.39 is 57.6 Å². The van der Waals surface area contributed by atoms with Crippen LogP contribution in [0.25, 0.3) is 0 Å². The van der Waals surface area contributed by atoms with Crippen LogP contribution in [0.2, 0.25) is 0 Å². The van der Waals surface area contributed by atoms with Crippen LogP contribution in [0.5, 0.6) is 11.5 Å². The lowest BCUT2D eigenvalue weighted by molar-refractivity contribution is 0.0652. The van der Waals surface area contributed by atoms with E-state index in [0.29, 0.717) is 0 Å². The Morgan fingerprint density at radius 2 is 1.35 bits per heavy atom. The SMILES string of the molecule is O=C(O)c1cc(O)cc(C(=O)Nc2cccc(C(=O)O)c2C(=O)O)c1O. The summed E-state index contributed by atoms with van der Waals surface area (Å²) in [5.41, 5.74) is -3.05. The molecule has 0 unspecified atom stereocenters. The summed E-state index contributed by atoms with van der Waals surface area (Å²) in [4.78, 5) is 45.8. The molecular formula is C16H11NO9. The maximum Gasteiger partial charge on any atom is 0.339 e. The quantitative estimate of drug-likeness (QED) is 0.429. The summed E-state index contributed by atoms with van der Waals surface area (Å²) >= 11 is 0. The van der Waals surface area contributed by atoms with Crippen LogP contribution in [0.4, 0.5) is 5.69 Å². The second-order valence-electron chi connectivity index (χ2n) is 4.99. The largest absolute Gasteiger partial charge is 0.508 e. The van der Waals surface area contributed by atoms with Gasteiger partial charge in [-0.2, -0.15) is 0 Å². The molecule has 0 aliphatic rings. The van der Waals surface area contributed by atoms with Crippen LogP contribution in [0.3, 0.4) is 0 Å². The number of carboxylic acids is 3. The molecule has 0 radical (unpaired) electrons. The van der Waals surface area contributed by atoms with Crippen molar-refractivity contribution in [2.75, 3.05) is 5.32 Å². The Bertz CT molecular complexity index is 949. The Balaban J connectivity index is 2.53. The number of benzene rings is 2. The minimum Gasteiger partial charge on any atom is -0.508 e. The van der Waals surface area contributed by atoms with Crippen molar-refractivity contribution in [3.63, 3.8) is 0 Å². The summed E-state index contributed by atoms with van der Waals surface area (Å²) in [5, 5.41) is 48.7. The number of nitrogens with one attached hydrogen (secondary N) is 1. The monoisotopic (exact) mass is 361 g/mol. The van der Waals surface area contributed by atoms with Gasteiger partial charge in [-0.25, -0.2) is 14.4 Å². The number of carboxylic acid groups (broad SMARTS) is 3. The van der Waals surface area contributed by atoms with Gasteiger partial charge in [-0.05, 0) is 24.3 Å². The lowest BCUT2D eigenvalue weighted by Crippen LogP contribution is -2.18. The van der Waals surface area contributed by atoms with Gasteiger partial charge < -0.3 is 30.8 Å². The molecular weight excluding hydrogens is 350 g/mol. The van der Waals surface area contributed by atoms with E-state index in [4.69, 9.17) is 10.2 Å². The van der Waals surface area contributed by atoms with Crippen molar-refractivity contribution in [3.8, 4) is 11.5 Å². The molecule has 0 aromatic heterocycles. The summed E-state index contributed by atoms with van der Waals surface area (Å²) in [6.07, 6.45) is 0. The highest BCUT2D eigenvalue weighted by atomic mass is 16.4. The third-order valence-electron chi connectivity index (χ3n) is 3.33. The molecule has 10 nitrogen and oxygen atoms in total. The maximum atomic E-state index is 12.3. The molecule has 2 aromatic rings. The van der Waals surface area contributed by atoms with E-state index in [-0.39, 0.29) is 5.69 Å². The van der Waals surface area contributed by atoms with Crippen LogP contribution in [-0.2, 0) is 0 Å². The molecule has 0 aliphatic carbocycles. The standard InChI is InChI=1S/C16H11NO9/c18-6-4-8(12(19)9(5-6)15(23)24)13(20)17-10-3-1-2-7(14(21)22)11(10)16(25)26/h1-5,18-19H,(H,17,20)(H,21,22)(H,23,24)(H,25,26). The molecule has 0 heterocycles. The first-order valence-electron chi connectivity index (χ1n) is 6.83. The molecule has 2 rings (SSSR count). The number of phenolic OH excluding ortho intramolecular Hbond substituents is 1. The molecule has 2 aromatic carbocycles. The third-order valence-corrected chi connectivity index (χ3v) is 3.33. The minimum atomic E-state index is -1.62. The number of aromatic hydroxyl groups is 2. The smallest absolute Gasteiger partial charge is 0.339 e. The number of hydrogen-bond donors (Lipinski definition) is 6. The van der Waals surface area contributed by atoms with Crippen LogP contribution in [0.1, 0.15) is 41.4 Å². The van der Waals surface area contributed by atoms with E-state index in [0.717, 1.165) is 24.3 Å². The van der Waals surface area contributed by atoms with Crippen LogP contribution in [-0.4, -0.2) is 49.3 Å². The molecule has 26 heavy (non-hydrogen) atoms. The van der Waals surface area contributed by atoms with Crippen molar-refractivity contribution >= 4 is 29.5 Å². The first-order valence-corrected chi connectivity index (χ1v) is 6.83. The Morgan fingerprint density at radius 3 is 1.88 bits per heavy atom. The molecule has 0 fully saturated rings. The minimum absolute atomic E-state index is 0.387. The van der Waals surface area contributed by atoms with Crippen molar-refractivity contribution in [1.29, 1.82) is 0 Å².